The molecule has 180 valence electrons. The largest absolute Gasteiger partial charge is 2.00 e. The summed E-state index contributed by atoms with van der Waals surface area (Å²) in [6, 6.07) is 7.91. The maximum Gasteiger partial charge on any atom is 2.00 e. The summed E-state index contributed by atoms with van der Waals surface area (Å²) in [5, 5.41) is 12.7. The smallest absolute Gasteiger partial charge is 0.469 e. The summed E-state index contributed by atoms with van der Waals surface area (Å²) in [7, 11) is 5.04. The summed E-state index contributed by atoms with van der Waals surface area (Å²) in [6.45, 7) is 0.660. The molecule has 1 N–H and O–H groups in total. The molecule has 1 aromatic carbocycles. The first kappa shape index (κ1) is 30.1. The summed E-state index contributed by atoms with van der Waals surface area (Å²) in [5.41, 5.74) is 2.00. The molecular weight excluding hydrogens is 472 g/mol. The Hall–Kier alpha value is -1.92. The van der Waals surface area contributed by atoms with Crippen LogP contribution in [0.3, 0.4) is 0 Å². The van der Waals surface area contributed by atoms with Crippen molar-refractivity contribution in [2.24, 2.45) is 10.3 Å². The topological polar surface area (TPSA) is 83.4 Å². The van der Waals surface area contributed by atoms with Crippen LogP contribution in [0.1, 0.15) is 24.8 Å². The number of nitrogens with zero attached hydrogens (tertiary/aromatic N) is 3. The van der Waals surface area contributed by atoms with Crippen LogP contribution >= 0.6 is 0 Å². The fraction of sp³-hybridized carbons (Fsp3) is 0.308. The van der Waals surface area contributed by atoms with Crippen LogP contribution in [0.4, 0.5) is 5.69 Å². The minimum atomic E-state index is -0.278. The van der Waals surface area contributed by atoms with E-state index in [-0.39, 0.29) is 28.9 Å². The molecular formula is C26H32FeN4O3+2. The van der Waals surface area contributed by atoms with Gasteiger partial charge in [0.2, 0.25) is 5.91 Å². The van der Waals surface area contributed by atoms with Crippen molar-refractivity contribution in [3.05, 3.63) is 93.0 Å². The Morgan fingerprint density at radius 3 is 2.15 bits per heavy atom. The van der Waals surface area contributed by atoms with Gasteiger partial charge in [0.25, 0.3) is 0 Å². The van der Waals surface area contributed by atoms with E-state index in [0.717, 1.165) is 24.9 Å². The molecule has 7 nitrogen and oxygen atoms in total. The molecule has 2 aliphatic carbocycles. The van der Waals surface area contributed by atoms with Crippen LogP contribution in [0, 0.1) is 63.2 Å². The summed E-state index contributed by atoms with van der Waals surface area (Å²) in [6.07, 6.45) is 18.5. The Labute approximate surface area is 215 Å². The third-order valence-corrected chi connectivity index (χ3v) is 4.70. The van der Waals surface area contributed by atoms with E-state index in [2.05, 4.69) is 33.2 Å². The normalized spacial score (nSPS) is 16.0. The molecule has 0 unspecified atom stereocenters. The molecule has 3 rings (SSSR count). The Kier molecular flexibility index (Phi) is 15.5. The second kappa shape index (κ2) is 17.5. The summed E-state index contributed by atoms with van der Waals surface area (Å²) in [5.74, 6) is 1.75. The molecule has 0 aliphatic heterocycles. The van der Waals surface area contributed by atoms with E-state index in [0.29, 0.717) is 18.9 Å². The van der Waals surface area contributed by atoms with E-state index in [9.17, 15) is 9.59 Å². The first-order valence-electron chi connectivity index (χ1n) is 10.9. The number of esters is 1. The molecule has 2 fully saturated rings. The minimum Gasteiger partial charge on any atom is -0.469 e. The molecule has 10 radical (unpaired) electrons. The third-order valence-electron chi connectivity index (χ3n) is 4.70. The van der Waals surface area contributed by atoms with Crippen molar-refractivity contribution < 1.29 is 31.4 Å². The molecule has 2 aliphatic rings. The standard InChI is InChI=1S/C19H25N4O.C7H7O2.Fe/c1-23(2)22-21-18-12-10-17(11-13-18)14-15-20-19(24)9-5-8-16-6-3-4-7-16;1-9-7(8)6-4-2-3-5-6;/h3-4,6-7,10-13H,5,8-9,14-15H2,1-2H3,(H,20,24);2-5H,1H3;/q;;+2. The van der Waals surface area contributed by atoms with Crippen LogP contribution in [0.25, 0.3) is 0 Å². The summed E-state index contributed by atoms with van der Waals surface area (Å²) >= 11 is 0. The average molecular weight is 504 g/mol. The van der Waals surface area contributed by atoms with E-state index < -0.39 is 0 Å². The van der Waals surface area contributed by atoms with Crippen molar-refractivity contribution >= 4 is 17.6 Å². The number of nitrogens with one attached hydrogen (secondary N) is 1. The number of hydrogen-bond donors (Lipinski definition) is 1. The van der Waals surface area contributed by atoms with Crippen LogP contribution in [-0.2, 0) is 37.8 Å². The van der Waals surface area contributed by atoms with Gasteiger partial charge in [-0.3, -0.25) is 14.6 Å². The molecule has 0 aromatic heterocycles. The predicted molar refractivity (Wildman–Crippen MR) is 128 cm³/mol. The van der Waals surface area contributed by atoms with Gasteiger partial charge < -0.3 is 10.1 Å². The first-order valence-corrected chi connectivity index (χ1v) is 10.9. The Balaban J connectivity index is 0.000000486. The number of hydrogen-bond acceptors (Lipinski definition) is 5. The Morgan fingerprint density at radius 1 is 0.941 bits per heavy atom. The van der Waals surface area contributed by atoms with Gasteiger partial charge in [0.15, 0.2) is 0 Å². The molecule has 0 spiro atoms. The quantitative estimate of drug-likeness (QED) is 0.226. The van der Waals surface area contributed by atoms with Gasteiger partial charge in [0, 0.05) is 27.1 Å². The van der Waals surface area contributed by atoms with Gasteiger partial charge in [-0.2, -0.15) is 0 Å². The number of amides is 1. The number of benzene rings is 1. The number of rotatable bonds is 10. The number of carbonyl (C=O) groups excluding carboxylic acids is 2. The van der Waals surface area contributed by atoms with Crippen molar-refractivity contribution in [2.45, 2.75) is 25.7 Å². The van der Waals surface area contributed by atoms with E-state index in [1.54, 1.807) is 30.7 Å². The molecule has 0 atom stereocenters. The monoisotopic (exact) mass is 504 g/mol. The fourth-order valence-corrected chi connectivity index (χ4v) is 2.97. The van der Waals surface area contributed by atoms with Crippen LogP contribution in [0.2, 0.25) is 0 Å². The number of methoxy groups -OCH3 is 1. The van der Waals surface area contributed by atoms with Crippen LogP contribution in [0.15, 0.2) is 34.6 Å². The van der Waals surface area contributed by atoms with Crippen molar-refractivity contribution in [2.75, 3.05) is 27.7 Å². The van der Waals surface area contributed by atoms with E-state index in [4.69, 9.17) is 0 Å². The fourth-order valence-electron chi connectivity index (χ4n) is 2.97. The maximum absolute atomic E-state index is 11.8. The van der Waals surface area contributed by atoms with Gasteiger partial charge in [0.05, 0.1) is 18.7 Å². The summed E-state index contributed by atoms with van der Waals surface area (Å²) in [4.78, 5) is 22.5. The minimum absolute atomic E-state index is 0. The molecule has 8 heteroatoms. The van der Waals surface area contributed by atoms with Gasteiger partial charge in [-0.1, -0.05) is 17.4 Å². The molecule has 0 saturated heterocycles. The van der Waals surface area contributed by atoms with E-state index >= 15 is 0 Å². The molecule has 34 heavy (non-hydrogen) atoms. The second-order valence-electron chi connectivity index (χ2n) is 7.61. The number of carbonyl (C=O) groups is 2. The number of ether oxygens (including phenoxy) is 1. The molecule has 0 heterocycles. The first-order chi connectivity index (χ1) is 16.0. The average Bonchev–Trinajstić information content (AvgIpc) is 3.53. The van der Waals surface area contributed by atoms with Gasteiger partial charge in [0.1, 0.15) is 0 Å². The van der Waals surface area contributed by atoms with Crippen molar-refractivity contribution in [1.82, 2.24) is 10.3 Å². The SMILES string of the molecule is CN(C)N=Nc1ccc(CCNC(=O)CCC[C]2[CH][CH][CH][CH]2)cc1.COC(=O)[C]1[CH][CH][CH][CH]1.[Fe+2]. The second-order valence-corrected chi connectivity index (χ2v) is 7.61. The van der Waals surface area contributed by atoms with Crippen LogP contribution in [-0.4, -0.2) is 44.6 Å². The van der Waals surface area contributed by atoms with E-state index in [1.807, 2.05) is 51.2 Å². The predicted octanol–water partition coefficient (Wildman–Crippen LogP) is 4.04. The third kappa shape index (κ3) is 12.5. The Bertz CT molecular complexity index is 728. The van der Waals surface area contributed by atoms with Crippen LogP contribution < -0.4 is 5.32 Å². The molecule has 2 saturated carbocycles. The van der Waals surface area contributed by atoms with Crippen molar-refractivity contribution in [1.29, 1.82) is 0 Å². The Morgan fingerprint density at radius 2 is 1.56 bits per heavy atom. The zero-order chi connectivity index (χ0) is 23.9. The maximum atomic E-state index is 11.8. The zero-order valence-corrected chi connectivity index (χ0v) is 21.0. The van der Waals surface area contributed by atoms with Crippen LogP contribution in [0.5, 0.6) is 0 Å². The van der Waals surface area contributed by atoms with Gasteiger partial charge in [-0.15, -0.1) is 5.11 Å². The summed E-state index contributed by atoms with van der Waals surface area (Å²) < 4.78 is 4.46. The van der Waals surface area contributed by atoms with Crippen molar-refractivity contribution in [3.63, 3.8) is 0 Å². The van der Waals surface area contributed by atoms with Gasteiger partial charge >= 0.3 is 23.0 Å². The molecule has 0 bridgehead atoms. The van der Waals surface area contributed by atoms with Crippen molar-refractivity contribution in [3.8, 4) is 0 Å². The molecule has 1 aromatic rings. The van der Waals surface area contributed by atoms with Gasteiger partial charge in [-0.25, -0.2) is 0 Å². The van der Waals surface area contributed by atoms with E-state index in [1.165, 1.54) is 18.6 Å². The zero-order valence-electron chi connectivity index (χ0n) is 19.9. The molecule has 1 amide bonds. The van der Waals surface area contributed by atoms with Gasteiger partial charge in [-0.05, 0) is 94.2 Å².